The summed E-state index contributed by atoms with van der Waals surface area (Å²) in [5.41, 5.74) is 0. The molecule has 0 saturated heterocycles. The summed E-state index contributed by atoms with van der Waals surface area (Å²) in [5.74, 6) is -2.70. The highest BCUT2D eigenvalue weighted by Crippen LogP contribution is 2.18. The molecule has 0 aromatic carbocycles. The zero-order valence-corrected chi connectivity index (χ0v) is 8.98. The third-order valence-corrected chi connectivity index (χ3v) is 4.43. The van der Waals surface area contributed by atoms with Crippen LogP contribution in [-0.2, 0) is 13.3 Å². The van der Waals surface area contributed by atoms with Crippen molar-refractivity contribution in [1.82, 2.24) is 0 Å². The molecule has 0 radical (unpaired) electrons. The molecule has 0 spiro atoms. The third-order valence-electron chi connectivity index (χ3n) is 1.70. The Morgan fingerprint density at radius 2 is 1.38 bits per heavy atom. The largest absolute Gasteiger partial charge is 0.500 e. The van der Waals surface area contributed by atoms with Crippen molar-refractivity contribution in [2.24, 2.45) is 0 Å². The highest BCUT2D eigenvalue weighted by molar-refractivity contribution is 6.60. The maximum atomic E-state index is 8.63. The van der Waals surface area contributed by atoms with Gasteiger partial charge in [-0.1, -0.05) is 0 Å². The third kappa shape index (κ3) is 4.67. The van der Waals surface area contributed by atoms with Crippen LogP contribution in [0.25, 0.3) is 0 Å². The van der Waals surface area contributed by atoms with Crippen LogP contribution in [0.2, 0.25) is 6.04 Å². The lowest BCUT2D eigenvalue weighted by Gasteiger charge is -2.25. The van der Waals surface area contributed by atoms with E-state index in [-0.39, 0.29) is 12.5 Å². The van der Waals surface area contributed by atoms with Gasteiger partial charge in [0.15, 0.2) is 0 Å². The molecule has 0 saturated carbocycles. The van der Waals surface area contributed by atoms with Crippen LogP contribution in [0.1, 0.15) is 6.42 Å². The van der Waals surface area contributed by atoms with Gasteiger partial charge in [0.25, 0.3) is 5.97 Å². The van der Waals surface area contributed by atoms with Gasteiger partial charge in [-0.25, -0.2) is 0 Å². The first-order valence-corrected chi connectivity index (χ1v) is 5.65. The van der Waals surface area contributed by atoms with Gasteiger partial charge in [-0.05, 0) is 0 Å². The molecule has 0 atom stereocenters. The van der Waals surface area contributed by atoms with Gasteiger partial charge in [-0.15, -0.1) is 0 Å². The summed E-state index contributed by atoms with van der Waals surface area (Å²) in [5, 5.41) is 25.9. The number of hydrogen-bond acceptors (Lipinski definition) is 6. The van der Waals surface area contributed by atoms with Gasteiger partial charge >= 0.3 is 8.80 Å². The maximum Gasteiger partial charge on any atom is 0.500 e. The average molecular weight is 212 g/mol. The predicted molar refractivity (Wildman–Crippen MR) is 45.6 cm³/mol. The molecule has 0 unspecified atom stereocenters. The highest BCUT2D eigenvalue weighted by Gasteiger charge is 2.40. The van der Waals surface area contributed by atoms with Crippen LogP contribution >= 0.6 is 0 Å². The molecule has 7 heteroatoms. The lowest BCUT2D eigenvalue weighted by atomic mass is 10.4. The summed E-state index contributed by atoms with van der Waals surface area (Å²) in [7, 11) is 1.42. The minimum Gasteiger partial charge on any atom is -0.377 e. The van der Waals surface area contributed by atoms with Crippen LogP contribution in [0.3, 0.4) is 0 Å². The molecule has 80 valence electrons. The Bertz CT molecular complexity index is 132. The van der Waals surface area contributed by atoms with E-state index in [9.17, 15) is 0 Å². The Morgan fingerprint density at radius 1 is 1.00 bits per heavy atom. The Morgan fingerprint density at radius 3 is 1.62 bits per heavy atom. The molecule has 0 heterocycles. The van der Waals surface area contributed by atoms with E-state index in [4.69, 9.17) is 28.6 Å². The monoisotopic (exact) mass is 212 g/mol. The number of rotatable bonds is 6. The first-order chi connectivity index (χ1) is 5.89. The second-order valence-corrected chi connectivity index (χ2v) is 5.66. The molecule has 0 aromatic rings. The first-order valence-electron chi connectivity index (χ1n) is 3.72. The van der Waals surface area contributed by atoms with Crippen molar-refractivity contribution in [3.8, 4) is 0 Å². The van der Waals surface area contributed by atoms with Crippen molar-refractivity contribution in [1.29, 1.82) is 0 Å². The van der Waals surface area contributed by atoms with Crippen LogP contribution in [0, 0.1) is 0 Å². The van der Waals surface area contributed by atoms with Gasteiger partial charge in [0.05, 0.1) is 0 Å². The lowest BCUT2D eigenvalue weighted by molar-refractivity contribution is -0.312. The van der Waals surface area contributed by atoms with Crippen molar-refractivity contribution in [3.05, 3.63) is 0 Å². The van der Waals surface area contributed by atoms with E-state index in [1.807, 2.05) is 0 Å². The van der Waals surface area contributed by atoms with Crippen LogP contribution in [-0.4, -0.2) is 51.4 Å². The summed E-state index contributed by atoms with van der Waals surface area (Å²) in [6.07, 6.45) is -0.283. The van der Waals surface area contributed by atoms with E-state index in [2.05, 4.69) is 0 Å². The van der Waals surface area contributed by atoms with Crippen molar-refractivity contribution < 1.29 is 28.6 Å². The van der Waals surface area contributed by atoms with Crippen molar-refractivity contribution in [2.45, 2.75) is 18.4 Å². The number of hydrogen-bond donors (Lipinski definition) is 3. The second kappa shape index (κ2) is 5.01. The Balaban J connectivity index is 4.11. The topological polar surface area (TPSA) is 88.4 Å². The summed E-state index contributed by atoms with van der Waals surface area (Å²) < 4.78 is 15.0. The molecule has 0 fully saturated rings. The first kappa shape index (κ1) is 13.0. The molecule has 13 heavy (non-hydrogen) atoms. The average Bonchev–Trinajstić information content (AvgIpc) is 2.06. The van der Waals surface area contributed by atoms with Gasteiger partial charge in [0, 0.05) is 33.8 Å². The fourth-order valence-corrected chi connectivity index (χ4v) is 2.63. The zero-order valence-electron chi connectivity index (χ0n) is 7.98. The fraction of sp³-hybridized carbons (Fsp3) is 1.00. The van der Waals surface area contributed by atoms with Crippen LogP contribution in [0.15, 0.2) is 0 Å². The normalized spacial score (nSPS) is 13.4. The summed E-state index contributed by atoms with van der Waals surface area (Å²) in [6.45, 7) is 0. The summed E-state index contributed by atoms with van der Waals surface area (Å²) in [4.78, 5) is 0. The summed E-state index contributed by atoms with van der Waals surface area (Å²) >= 11 is 0. The molecule has 0 aliphatic carbocycles. The molecule has 3 N–H and O–H groups in total. The molecular weight excluding hydrogens is 196 g/mol. The van der Waals surface area contributed by atoms with Gasteiger partial charge in [0.1, 0.15) is 0 Å². The molecule has 0 aromatic heterocycles. The highest BCUT2D eigenvalue weighted by atomic mass is 28.4. The molecule has 6 nitrogen and oxygen atoms in total. The standard InChI is InChI=1S/C6H16O6Si/c1-10-13(11-2,12-3)5-4-6(7,8)9/h7-9H,4-5H2,1-3H3. The smallest absolute Gasteiger partial charge is 0.377 e. The van der Waals surface area contributed by atoms with Crippen LogP contribution in [0.4, 0.5) is 0 Å². The van der Waals surface area contributed by atoms with E-state index in [0.717, 1.165) is 0 Å². The molecule has 0 amide bonds. The van der Waals surface area contributed by atoms with E-state index in [1.54, 1.807) is 0 Å². The minimum atomic E-state index is -2.81. The SMILES string of the molecule is CO[Si](CCC(O)(O)O)(OC)OC. The lowest BCUT2D eigenvalue weighted by Crippen LogP contribution is -2.44. The van der Waals surface area contributed by atoms with Crippen molar-refractivity contribution >= 4 is 8.80 Å². The Hall–Kier alpha value is -0.0231. The molecule has 0 aliphatic heterocycles. The van der Waals surface area contributed by atoms with Gasteiger partial charge in [-0.2, -0.15) is 0 Å². The van der Waals surface area contributed by atoms with E-state index in [0.29, 0.717) is 0 Å². The van der Waals surface area contributed by atoms with Crippen molar-refractivity contribution in [2.75, 3.05) is 21.3 Å². The molecule has 0 rings (SSSR count). The Labute approximate surface area is 78.0 Å². The van der Waals surface area contributed by atoms with Crippen LogP contribution < -0.4 is 0 Å². The zero-order chi connectivity index (χ0) is 10.5. The van der Waals surface area contributed by atoms with E-state index >= 15 is 0 Å². The summed E-state index contributed by atoms with van der Waals surface area (Å²) in [6, 6.07) is 0.125. The second-order valence-electron chi connectivity index (χ2n) is 2.57. The van der Waals surface area contributed by atoms with Crippen molar-refractivity contribution in [3.63, 3.8) is 0 Å². The van der Waals surface area contributed by atoms with Gasteiger partial charge < -0.3 is 28.6 Å². The molecule has 0 bridgehead atoms. The predicted octanol–water partition coefficient (Wildman–Crippen LogP) is -1.11. The van der Waals surface area contributed by atoms with E-state index in [1.165, 1.54) is 21.3 Å². The van der Waals surface area contributed by atoms with Crippen LogP contribution in [0.5, 0.6) is 0 Å². The molecule has 0 aliphatic rings. The fourth-order valence-electron chi connectivity index (χ4n) is 0.877. The number of aliphatic hydroxyl groups is 3. The quantitative estimate of drug-likeness (QED) is 0.382. The Kier molecular flexibility index (Phi) is 5.00. The minimum absolute atomic E-state index is 0.125. The van der Waals surface area contributed by atoms with E-state index < -0.39 is 14.8 Å². The molecular formula is C6H16O6Si. The van der Waals surface area contributed by atoms with Gasteiger partial charge in [-0.3, -0.25) is 0 Å². The maximum absolute atomic E-state index is 8.63. The van der Waals surface area contributed by atoms with Gasteiger partial charge in [0.2, 0.25) is 0 Å².